The standard InChI is InChI=1S/C8H12ClNOS/c1-2-7-5(9)3-8(12-7)6(10)4-11/h3,6,11H,2,4,10H2,1H3. The Morgan fingerprint density at radius 1 is 1.75 bits per heavy atom. The zero-order valence-corrected chi connectivity index (χ0v) is 8.45. The molecule has 3 N–H and O–H groups in total. The van der Waals surface area contributed by atoms with Gasteiger partial charge in [-0.05, 0) is 12.5 Å². The third kappa shape index (κ3) is 1.98. The largest absolute Gasteiger partial charge is 0.394 e. The molecule has 0 spiro atoms. The van der Waals surface area contributed by atoms with E-state index in [4.69, 9.17) is 22.4 Å². The minimum Gasteiger partial charge on any atom is -0.394 e. The Hall–Kier alpha value is -0.0900. The van der Waals surface area contributed by atoms with Crippen molar-refractivity contribution in [1.29, 1.82) is 0 Å². The maximum absolute atomic E-state index is 8.80. The van der Waals surface area contributed by atoms with Crippen molar-refractivity contribution in [3.05, 3.63) is 20.8 Å². The molecule has 0 aromatic carbocycles. The average Bonchev–Trinajstić information content (AvgIpc) is 2.45. The fourth-order valence-corrected chi connectivity index (χ4v) is 2.36. The van der Waals surface area contributed by atoms with E-state index in [2.05, 4.69) is 0 Å². The number of nitrogens with two attached hydrogens (primary N) is 1. The minimum atomic E-state index is -0.284. The van der Waals surface area contributed by atoms with E-state index >= 15 is 0 Å². The molecular weight excluding hydrogens is 194 g/mol. The van der Waals surface area contributed by atoms with Gasteiger partial charge in [0.15, 0.2) is 0 Å². The molecule has 1 atom stereocenters. The molecule has 1 heterocycles. The van der Waals surface area contributed by atoms with Gasteiger partial charge >= 0.3 is 0 Å². The Bertz CT molecular complexity index is 262. The van der Waals surface area contributed by atoms with Crippen LogP contribution in [0.1, 0.15) is 22.7 Å². The lowest BCUT2D eigenvalue weighted by Gasteiger charge is -2.02. The molecule has 0 aliphatic heterocycles. The summed E-state index contributed by atoms with van der Waals surface area (Å²) < 4.78 is 0. The van der Waals surface area contributed by atoms with Crippen LogP contribution < -0.4 is 5.73 Å². The number of aliphatic hydroxyl groups is 1. The topological polar surface area (TPSA) is 46.2 Å². The predicted octanol–water partition coefficient (Wildman–Crippen LogP) is 1.96. The number of halogens is 1. The highest BCUT2D eigenvalue weighted by atomic mass is 35.5. The zero-order chi connectivity index (χ0) is 9.14. The summed E-state index contributed by atoms with van der Waals surface area (Å²) in [6.45, 7) is 2.02. The number of hydrogen-bond acceptors (Lipinski definition) is 3. The second-order valence-electron chi connectivity index (χ2n) is 2.56. The summed E-state index contributed by atoms with van der Waals surface area (Å²) in [4.78, 5) is 2.09. The van der Waals surface area contributed by atoms with E-state index in [1.54, 1.807) is 11.3 Å². The molecule has 0 saturated carbocycles. The first kappa shape index (κ1) is 9.99. The van der Waals surface area contributed by atoms with Crippen LogP contribution in [-0.4, -0.2) is 11.7 Å². The van der Waals surface area contributed by atoms with Gasteiger partial charge in [0, 0.05) is 9.75 Å². The van der Waals surface area contributed by atoms with Crippen LogP contribution in [0.4, 0.5) is 0 Å². The van der Waals surface area contributed by atoms with Gasteiger partial charge < -0.3 is 10.8 Å². The molecule has 0 aliphatic rings. The Kier molecular flexibility index (Phi) is 3.53. The number of aliphatic hydroxyl groups excluding tert-OH is 1. The SMILES string of the molecule is CCc1sc(C(N)CO)cc1Cl. The summed E-state index contributed by atoms with van der Waals surface area (Å²) >= 11 is 7.49. The monoisotopic (exact) mass is 205 g/mol. The number of thiophene rings is 1. The Balaban J connectivity index is 2.88. The van der Waals surface area contributed by atoms with Crippen molar-refractivity contribution in [2.24, 2.45) is 5.73 Å². The average molecular weight is 206 g/mol. The summed E-state index contributed by atoms with van der Waals surface area (Å²) in [5.74, 6) is 0. The van der Waals surface area contributed by atoms with Crippen LogP contribution in [0.25, 0.3) is 0 Å². The Morgan fingerprint density at radius 2 is 2.42 bits per heavy atom. The molecule has 12 heavy (non-hydrogen) atoms. The first-order valence-corrected chi connectivity index (χ1v) is 5.03. The van der Waals surface area contributed by atoms with E-state index in [0.717, 1.165) is 21.2 Å². The van der Waals surface area contributed by atoms with Gasteiger partial charge in [0.25, 0.3) is 0 Å². The van der Waals surface area contributed by atoms with Crippen molar-refractivity contribution in [1.82, 2.24) is 0 Å². The summed E-state index contributed by atoms with van der Waals surface area (Å²) in [6, 6.07) is 1.55. The molecule has 1 aromatic heterocycles. The van der Waals surface area contributed by atoms with Gasteiger partial charge in [-0.1, -0.05) is 18.5 Å². The summed E-state index contributed by atoms with van der Waals surface area (Å²) in [5, 5.41) is 9.56. The van der Waals surface area contributed by atoms with Crippen molar-refractivity contribution in [2.45, 2.75) is 19.4 Å². The van der Waals surface area contributed by atoms with Crippen LogP contribution in [0.2, 0.25) is 5.02 Å². The van der Waals surface area contributed by atoms with E-state index in [1.165, 1.54) is 0 Å². The lowest BCUT2D eigenvalue weighted by Crippen LogP contribution is -2.12. The van der Waals surface area contributed by atoms with Crippen molar-refractivity contribution < 1.29 is 5.11 Å². The maximum atomic E-state index is 8.80. The minimum absolute atomic E-state index is 0.0278. The number of hydrogen-bond donors (Lipinski definition) is 2. The molecular formula is C8H12ClNOS. The van der Waals surface area contributed by atoms with Crippen molar-refractivity contribution in [3.8, 4) is 0 Å². The lowest BCUT2D eigenvalue weighted by molar-refractivity contribution is 0.269. The molecule has 4 heteroatoms. The molecule has 0 fully saturated rings. The summed E-state index contributed by atoms with van der Waals surface area (Å²) in [7, 11) is 0. The van der Waals surface area contributed by atoms with Crippen molar-refractivity contribution in [2.75, 3.05) is 6.61 Å². The van der Waals surface area contributed by atoms with Gasteiger partial charge in [-0.15, -0.1) is 11.3 Å². The summed E-state index contributed by atoms with van der Waals surface area (Å²) in [6.07, 6.45) is 0.918. The molecule has 0 aliphatic carbocycles. The molecule has 68 valence electrons. The summed E-state index contributed by atoms with van der Waals surface area (Å²) in [5.41, 5.74) is 5.63. The molecule has 0 saturated heterocycles. The van der Waals surface area contributed by atoms with Crippen LogP contribution in [0.15, 0.2) is 6.07 Å². The predicted molar refractivity (Wildman–Crippen MR) is 52.7 cm³/mol. The molecule has 0 bridgehead atoms. The second-order valence-corrected chi connectivity index (χ2v) is 4.14. The van der Waals surface area contributed by atoms with E-state index in [9.17, 15) is 0 Å². The third-order valence-corrected chi connectivity index (χ3v) is 3.52. The molecule has 1 aromatic rings. The number of aryl methyl sites for hydroxylation is 1. The van der Waals surface area contributed by atoms with E-state index in [0.29, 0.717) is 0 Å². The van der Waals surface area contributed by atoms with Gasteiger partial charge in [0.1, 0.15) is 0 Å². The van der Waals surface area contributed by atoms with Crippen molar-refractivity contribution in [3.63, 3.8) is 0 Å². The number of rotatable bonds is 3. The molecule has 1 rings (SSSR count). The first-order chi connectivity index (χ1) is 5.69. The van der Waals surface area contributed by atoms with Gasteiger partial charge in [-0.3, -0.25) is 0 Å². The van der Waals surface area contributed by atoms with Crippen LogP contribution in [-0.2, 0) is 6.42 Å². The first-order valence-electron chi connectivity index (χ1n) is 3.83. The van der Waals surface area contributed by atoms with E-state index in [1.807, 2.05) is 13.0 Å². The fraction of sp³-hybridized carbons (Fsp3) is 0.500. The van der Waals surface area contributed by atoms with Gasteiger partial charge in [-0.2, -0.15) is 0 Å². The highest BCUT2D eigenvalue weighted by Crippen LogP contribution is 2.30. The van der Waals surface area contributed by atoms with Crippen LogP contribution in [0.3, 0.4) is 0 Å². The lowest BCUT2D eigenvalue weighted by atomic mass is 10.2. The van der Waals surface area contributed by atoms with Gasteiger partial charge in [0.2, 0.25) is 0 Å². The molecule has 0 radical (unpaired) electrons. The second kappa shape index (κ2) is 4.23. The van der Waals surface area contributed by atoms with Gasteiger partial charge in [0.05, 0.1) is 17.7 Å². The van der Waals surface area contributed by atoms with Crippen LogP contribution in [0, 0.1) is 0 Å². The highest BCUT2D eigenvalue weighted by molar-refractivity contribution is 7.12. The van der Waals surface area contributed by atoms with Gasteiger partial charge in [-0.25, -0.2) is 0 Å². The normalized spacial score (nSPS) is 13.3. The quantitative estimate of drug-likeness (QED) is 0.793. The Morgan fingerprint density at radius 3 is 2.83 bits per heavy atom. The zero-order valence-electron chi connectivity index (χ0n) is 6.88. The highest BCUT2D eigenvalue weighted by Gasteiger charge is 2.10. The fourth-order valence-electron chi connectivity index (χ4n) is 0.940. The van der Waals surface area contributed by atoms with Crippen LogP contribution >= 0.6 is 22.9 Å². The molecule has 0 amide bonds. The third-order valence-electron chi connectivity index (χ3n) is 1.66. The smallest absolute Gasteiger partial charge is 0.0632 e. The molecule has 2 nitrogen and oxygen atoms in total. The Labute approximate surface area is 81.0 Å². The van der Waals surface area contributed by atoms with E-state index < -0.39 is 0 Å². The van der Waals surface area contributed by atoms with E-state index in [-0.39, 0.29) is 12.6 Å². The van der Waals surface area contributed by atoms with Crippen molar-refractivity contribution >= 4 is 22.9 Å². The maximum Gasteiger partial charge on any atom is 0.0632 e. The van der Waals surface area contributed by atoms with Crippen LogP contribution in [0.5, 0.6) is 0 Å². The molecule has 1 unspecified atom stereocenters.